The molecule has 1 aliphatic carbocycles. The van der Waals surface area contributed by atoms with E-state index in [0.29, 0.717) is 35.8 Å². The Morgan fingerprint density at radius 2 is 2.16 bits per heavy atom. The van der Waals surface area contributed by atoms with Crippen LogP contribution in [0.1, 0.15) is 52.9 Å². The predicted molar refractivity (Wildman–Crippen MR) is 82.2 cm³/mol. The van der Waals surface area contributed by atoms with Gasteiger partial charge in [0.1, 0.15) is 5.76 Å². The number of aliphatic hydroxyl groups is 1. The van der Waals surface area contributed by atoms with Gasteiger partial charge in [0.15, 0.2) is 5.78 Å². The largest absolute Gasteiger partial charge is 0.511 e. The summed E-state index contributed by atoms with van der Waals surface area (Å²) < 4.78 is 0. The lowest BCUT2D eigenvalue weighted by atomic mass is 9.80. The number of thioether (sulfide) groups is 1. The quantitative estimate of drug-likeness (QED) is 0.569. The Balaban J connectivity index is 2.69. The summed E-state index contributed by atoms with van der Waals surface area (Å²) in [4.78, 5) is 12.1. The highest BCUT2D eigenvalue weighted by molar-refractivity contribution is 7.99. The summed E-state index contributed by atoms with van der Waals surface area (Å²) in [6.07, 6.45) is 3.39. The number of Topliss-reactive ketones (excluding diaryl/α,β-unsaturated/α-hetero) is 1. The molecule has 1 fully saturated rings. The minimum Gasteiger partial charge on any atom is -0.511 e. The number of nitrogens with one attached hydrogen (secondary N) is 1. The topological polar surface area (TPSA) is 61.1 Å². The number of hydrogen-bond donors (Lipinski definition) is 2. The first-order valence-corrected chi connectivity index (χ1v) is 8.19. The molecule has 4 heteroatoms. The van der Waals surface area contributed by atoms with Crippen molar-refractivity contribution in [3.63, 3.8) is 0 Å². The van der Waals surface area contributed by atoms with Gasteiger partial charge in [0.2, 0.25) is 0 Å². The van der Waals surface area contributed by atoms with E-state index in [0.717, 1.165) is 18.6 Å². The van der Waals surface area contributed by atoms with Crippen molar-refractivity contribution in [2.24, 2.45) is 5.92 Å². The second kappa shape index (κ2) is 7.73. The predicted octanol–water partition coefficient (Wildman–Crippen LogP) is 4.13. The van der Waals surface area contributed by atoms with E-state index in [2.05, 4.69) is 13.8 Å². The zero-order chi connectivity index (χ0) is 14.4. The molecule has 1 aliphatic rings. The van der Waals surface area contributed by atoms with Crippen LogP contribution >= 0.6 is 11.8 Å². The van der Waals surface area contributed by atoms with Crippen LogP contribution in [-0.2, 0) is 4.79 Å². The number of allylic oxidation sites excluding steroid dienone is 2. The third kappa shape index (κ3) is 4.68. The van der Waals surface area contributed by atoms with Crippen LogP contribution in [0.2, 0.25) is 0 Å². The monoisotopic (exact) mass is 283 g/mol. The average Bonchev–Trinajstić information content (AvgIpc) is 2.28. The van der Waals surface area contributed by atoms with Gasteiger partial charge in [-0.15, -0.1) is 0 Å². The van der Waals surface area contributed by atoms with Gasteiger partial charge in [-0.2, -0.15) is 11.8 Å². The molecule has 0 aliphatic heterocycles. The highest BCUT2D eigenvalue weighted by atomic mass is 32.2. The van der Waals surface area contributed by atoms with Crippen LogP contribution in [0.4, 0.5) is 0 Å². The molecule has 0 aromatic heterocycles. The van der Waals surface area contributed by atoms with Crippen LogP contribution in [0.15, 0.2) is 11.3 Å². The first kappa shape index (κ1) is 16.3. The molecule has 2 atom stereocenters. The fourth-order valence-corrected chi connectivity index (χ4v) is 3.66. The molecule has 0 unspecified atom stereocenters. The van der Waals surface area contributed by atoms with Crippen molar-refractivity contribution in [2.75, 3.05) is 5.75 Å². The Kier molecular flexibility index (Phi) is 6.63. The summed E-state index contributed by atoms with van der Waals surface area (Å²) in [5.74, 6) is 1.43. The van der Waals surface area contributed by atoms with E-state index in [-0.39, 0.29) is 17.5 Å². The van der Waals surface area contributed by atoms with Crippen molar-refractivity contribution in [3.05, 3.63) is 11.3 Å². The third-order valence-corrected chi connectivity index (χ3v) is 4.53. The molecule has 0 spiro atoms. The minimum atomic E-state index is -0.0408. The minimum absolute atomic E-state index is 0.0408. The zero-order valence-corrected chi connectivity index (χ0v) is 13.0. The summed E-state index contributed by atoms with van der Waals surface area (Å²) in [7, 11) is 0. The van der Waals surface area contributed by atoms with Crippen molar-refractivity contribution in [1.82, 2.24) is 0 Å². The number of rotatable bonds is 6. The van der Waals surface area contributed by atoms with Crippen LogP contribution in [-0.4, -0.2) is 27.6 Å². The summed E-state index contributed by atoms with van der Waals surface area (Å²) >= 11 is 1.90. The molecule has 0 heterocycles. The maximum Gasteiger partial charge on any atom is 0.168 e. The van der Waals surface area contributed by atoms with Crippen LogP contribution in [0.3, 0.4) is 0 Å². The molecule has 1 saturated carbocycles. The Labute approximate surface area is 120 Å². The molecule has 0 amide bonds. The molecule has 1 rings (SSSR count). The van der Waals surface area contributed by atoms with Gasteiger partial charge in [0.05, 0.1) is 5.57 Å². The van der Waals surface area contributed by atoms with E-state index in [4.69, 9.17) is 5.41 Å². The van der Waals surface area contributed by atoms with Crippen LogP contribution in [0.5, 0.6) is 0 Å². The van der Waals surface area contributed by atoms with Gasteiger partial charge < -0.3 is 10.5 Å². The van der Waals surface area contributed by atoms with E-state index in [1.54, 1.807) is 0 Å². The Morgan fingerprint density at radius 3 is 2.68 bits per heavy atom. The number of carbonyl (C=O) groups is 1. The normalized spacial score (nSPS) is 24.5. The van der Waals surface area contributed by atoms with E-state index in [9.17, 15) is 9.90 Å². The Morgan fingerprint density at radius 1 is 1.47 bits per heavy atom. The lowest BCUT2D eigenvalue weighted by molar-refractivity contribution is -0.116. The van der Waals surface area contributed by atoms with E-state index in [1.165, 1.54) is 0 Å². The molecular weight excluding hydrogens is 258 g/mol. The number of carbonyl (C=O) groups excluding carboxylic acids is 1. The van der Waals surface area contributed by atoms with E-state index in [1.807, 2.05) is 18.7 Å². The van der Waals surface area contributed by atoms with Gasteiger partial charge in [0, 0.05) is 23.8 Å². The molecule has 0 aromatic rings. The maximum absolute atomic E-state index is 12.1. The smallest absolute Gasteiger partial charge is 0.168 e. The SMILES string of the molecule is CCCC(O)=C1C(=N)C[C@H](C[C@@H](C)SCC)CC1=O. The summed E-state index contributed by atoms with van der Waals surface area (Å²) in [5.41, 5.74) is 0.634. The van der Waals surface area contributed by atoms with Gasteiger partial charge in [-0.1, -0.05) is 20.8 Å². The lowest BCUT2D eigenvalue weighted by Gasteiger charge is -2.26. The second-order valence-electron chi connectivity index (χ2n) is 5.25. The molecule has 108 valence electrons. The van der Waals surface area contributed by atoms with Gasteiger partial charge in [0.25, 0.3) is 0 Å². The van der Waals surface area contributed by atoms with Gasteiger partial charge in [-0.05, 0) is 30.9 Å². The van der Waals surface area contributed by atoms with E-state index < -0.39 is 0 Å². The highest BCUT2D eigenvalue weighted by Crippen LogP contribution is 2.31. The second-order valence-corrected chi connectivity index (χ2v) is 6.96. The van der Waals surface area contributed by atoms with Gasteiger partial charge in [-0.25, -0.2) is 0 Å². The lowest BCUT2D eigenvalue weighted by Crippen LogP contribution is -2.28. The molecule has 2 N–H and O–H groups in total. The number of aliphatic hydroxyl groups excluding tert-OH is 1. The Bertz CT molecular complexity index is 356. The summed E-state index contributed by atoms with van der Waals surface area (Å²) in [6, 6.07) is 0. The molecular formula is C15H25NO2S. The maximum atomic E-state index is 12.1. The average molecular weight is 283 g/mol. The molecule has 0 saturated heterocycles. The van der Waals surface area contributed by atoms with Gasteiger partial charge in [-0.3, -0.25) is 4.79 Å². The van der Waals surface area contributed by atoms with Crippen LogP contribution < -0.4 is 0 Å². The van der Waals surface area contributed by atoms with E-state index >= 15 is 0 Å². The summed E-state index contributed by atoms with van der Waals surface area (Å²) in [6.45, 7) is 6.28. The van der Waals surface area contributed by atoms with Crippen molar-refractivity contribution in [1.29, 1.82) is 5.41 Å². The molecule has 3 nitrogen and oxygen atoms in total. The molecule has 0 bridgehead atoms. The van der Waals surface area contributed by atoms with Crippen molar-refractivity contribution in [2.45, 2.75) is 58.1 Å². The third-order valence-electron chi connectivity index (χ3n) is 3.44. The number of ketones is 1. The van der Waals surface area contributed by atoms with Crippen LogP contribution in [0, 0.1) is 11.3 Å². The summed E-state index contributed by atoms with van der Waals surface area (Å²) in [5, 5.41) is 18.4. The standard InChI is InChI=1S/C15H25NO2S/c1-4-6-13(17)15-12(16)8-11(9-14(15)18)7-10(3)19-5-2/h10-11,16-17H,4-9H2,1-3H3/t10-,11+/m1/s1. The highest BCUT2D eigenvalue weighted by Gasteiger charge is 2.31. The van der Waals surface area contributed by atoms with Crippen molar-refractivity contribution in [3.8, 4) is 0 Å². The number of hydrogen-bond acceptors (Lipinski definition) is 4. The molecule has 19 heavy (non-hydrogen) atoms. The Hall–Kier alpha value is -0.770. The van der Waals surface area contributed by atoms with Crippen molar-refractivity contribution < 1.29 is 9.90 Å². The molecule has 0 radical (unpaired) electrons. The first-order valence-electron chi connectivity index (χ1n) is 7.14. The van der Waals surface area contributed by atoms with Gasteiger partial charge >= 0.3 is 0 Å². The zero-order valence-electron chi connectivity index (χ0n) is 12.2. The van der Waals surface area contributed by atoms with Crippen molar-refractivity contribution >= 4 is 23.3 Å². The fraction of sp³-hybridized carbons (Fsp3) is 0.733. The van der Waals surface area contributed by atoms with Crippen LogP contribution in [0.25, 0.3) is 0 Å². The fourth-order valence-electron chi connectivity index (χ4n) is 2.68. The molecule has 0 aromatic carbocycles. The first-order chi connectivity index (χ1) is 8.99.